The molecule has 1 aliphatic heterocycles. The minimum atomic E-state index is 0. The predicted octanol–water partition coefficient (Wildman–Crippen LogP) is 3.93. The van der Waals surface area contributed by atoms with Crippen molar-refractivity contribution >= 4 is 40.8 Å². The topological polar surface area (TPSA) is 58.5 Å². The lowest BCUT2D eigenvalue weighted by molar-refractivity contribution is 0.216. The van der Waals surface area contributed by atoms with Gasteiger partial charge in [-0.25, -0.2) is 0 Å². The summed E-state index contributed by atoms with van der Waals surface area (Å²) in [7, 11) is 0. The third-order valence-electron chi connectivity index (χ3n) is 5.83. The van der Waals surface area contributed by atoms with Crippen LogP contribution in [0.1, 0.15) is 32.1 Å². The van der Waals surface area contributed by atoms with Crippen molar-refractivity contribution in [3.05, 3.63) is 23.2 Å². The number of piperazine rings is 1. The summed E-state index contributed by atoms with van der Waals surface area (Å²) >= 11 is 6.02. The Morgan fingerprint density at radius 1 is 1.12 bits per heavy atom. The molecule has 0 bridgehead atoms. The molecule has 1 saturated heterocycles. The molecule has 7 heteroatoms. The Morgan fingerprint density at radius 3 is 2.58 bits per heavy atom. The van der Waals surface area contributed by atoms with Crippen LogP contribution in [0.25, 0.3) is 11.0 Å². The second-order valence-electron chi connectivity index (χ2n) is 7.54. The van der Waals surface area contributed by atoms with Crippen LogP contribution >= 0.6 is 24.0 Å². The van der Waals surface area contributed by atoms with Gasteiger partial charge < -0.3 is 15.2 Å². The van der Waals surface area contributed by atoms with Crippen LogP contribution in [-0.2, 0) is 0 Å². The Hall–Kier alpha value is -1.01. The number of hydrogen-bond acceptors (Lipinski definition) is 5. The Balaban J connectivity index is 0.00000196. The SMILES string of the molecule is Cl.N[C@H]1CC[C@H](CCN2CCN(c3noc4cc(Cl)ccc34)CC2)CC1. The molecular formula is C19H28Cl2N4O. The van der Waals surface area contributed by atoms with Crippen LogP contribution in [0.5, 0.6) is 0 Å². The van der Waals surface area contributed by atoms with Gasteiger partial charge >= 0.3 is 0 Å². The first-order chi connectivity index (χ1) is 12.2. The Kier molecular flexibility index (Phi) is 6.67. The molecule has 2 aromatic rings. The van der Waals surface area contributed by atoms with Gasteiger partial charge in [0, 0.05) is 43.3 Å². The molecule has 2 heterocycles. The van der Waals surface area contributed by atoms with Crippen molar-refractivity contribution in [1.29, 1.82) is 0 Å². The first kappa shape index (κ1) is 19.7. The van der Waals surface area contributed by atoms with Crippen molar-refractivity contribution < 1.29 is 4.52 Å². The van der Waals surface area contributed by atoms with Crippen LogP contribution in [0.4, 0.5) is 5.82 Å². The minimum absolute atomic E-state index is 0. The highest BCUT2D eigenvalue weighted by Gasteiger charge is 2.23. The van der Waals surface area contributed by atoms with Gasteiger partial charge in [0.15, 0.2) is 11.4 Å². The molecule has 0 atom stereocenters. The van der Waals surface area contributed by atoms with E-state index in [1.807, 2.05) is 18.2 Å². The van der Waals surface area contributed by atoms with E-state index in [-0.39, 0.29) is 12.4 Å². The first-order valence-electron chi connectivity index (χ1n) is 9.47. The zero-order chi connectivity index (χ0) is 17.2. The summed E-state index contributed by atoms with van der Waals surface area (Å²) in [6.45, 7) is 5.39. The molecule has 0 spiro atoms. The Bertz CT molecular complexity index is 707. The van der Waals surface area contributed by atoms with Crippen LogP contribution < -0.4 is 10.6 Å². The molecule has 1 saturated carbocycles. The molecule has 4 rings (SSSR count). The molecule has 2 N–H and O–H groups in total. The molecule has 2 aliphatic rings. The summed E-state index contributed by atoms with van der Waals surface area (Å²) in [4.78, 5) is 4.92. The average molecular weight is 399 g/mol. The molecule has 0 amide bonds. The summed E-state index contributed by atoms with van der Waals surface area (Å²) in [5, 5.41) is 6.01. The number of halogens is 2. The largest absolute Gasteiger partial charge is 0.354 e. The number of fused-ring (bicyclic) bond motifs is 1. The fourth-order valence-electron chi connectivity index (χ4n) is 4.15. The molecular weight excluding hydrogens is 371 g/mol. The van der Waals surface area contributed by atoms with Gasteiger partial charge in [-0.05, 0) is 56.7 Å². The average Bonchev–Trinajstić information content (AvgIpc) is 3.04. The van der Waals surface area contributed by atoms with E-state index < -0.39 is 0 Å². The number of nitrogens with zero attached hydrogens (tertiary/aromatic N) is 3. The van der Waals surface area contributed by atoms with Crippen molar-refractivity contribution in [2.45, 2.75) is 38.1 Å². The molecule has 1 aromatic heterocycles. The van der Waals surface area contributed by atoms with Crippen LogP contribution in [0, 0.1) is 5.92 Å². The van der Waals surface area contributed by atoms with E-state index in [4.69, 9.17) is 21.9 Å². The third kappa shape index (κ3) is 4.45. The number of rotatable bonds is 4. The summed E-state index contributed by atoms with van der Waals surface area (Å²) in [5.41, 5.74) is 6.77. The number of nitrogens with two attached hydrogens (primary N) is 1. The monoisotopic (exact) mass is 398 g/mol. The second kappa shape index (κ2) is 8.79. The Morgan fingerprint density at radius 2 is 1.85 bits per heavy atom. The van der Waals surface area contributed by atoms with E-state index >= 15 is 0 Å². The molecule has 0 radical (unpaired) electrons. The van der Waals surface area contributed by atoms with Gasteiger partial charge in [0.1, 0.15) is 0 Å². The smallest absolute Gasteiger partial charge is 0.180 e. The summed E-state index contributed by atoms with van der Waals surface area (Å²) in [6, 6.07) is 6.19. The summed E-state index contributed by atoms with van der Waals surface area (Å²) < 4.78 is 5.45. The van der Waals surface area contributed by atoms with Crippen molar-refractivity contribution in [3.63, 3.8) is 0 Å². The molecule has 2 fully saturated rings. The molecule has 1 aromatic carbocycles. The summed E-state index contributed by atoms with van der Waals surface area (Å²) in [6.07, 6.45) is 6.37. The number of aromatic nitrogens is 1. The lowest BCUT2D eigenvalue weighted by Crippen LogP contribution is -2.47. The van der Waals surface area contributed by atoms with E-state index in [9.17, 15) is 0 Å². The van der Waals surface area contributed by atoms with Crippen molar-refractivity contribution in [1.82, 2.24) is 10.1 Å². The van der Waals surface area contributed by atoms with Gasteiger partial charge in [-0.2, -0.15) is 0 Å². The zero-order valence-corrected chi connectivity index (χ0v) is 16.6. The molecule has 1 aliphatic carbocycles. The summed E-state index contributed by atoms with van der Waals surface area (Å²) in [5.74, 6) is 1.83. The Labute approximate surface area is 166 Å². The number of hydrogen-bond donors (Lipinski definition) is 1. The quantitative estimate of drug-likeness (QED) is 0.844. The lowest BCUT2D eigenvalue weighted by Gasteiger charge is -2.36. The predicted molar refractivity (Wildman–Crippen MR) is 109 cm³/mol. The van der Waals surface area contributed by atoms with E-state index in [1.54, 1.807) is 0 Å². The zero-order valence-electron chi connectivity index (χ0n) is 15.1. The van der Waals surface area contributed by atoms with Gasteiger partial charge in [0.25, 0.3) is 0 Å². The third-order valence-corrected chi connectivity index (χ3v) is 6.07. The van der Waals surface area contributed by atoms with Gasteiger partial charge in [0.2, 0.25) is 0 Å². The maximum absolute atomic E-state index is 6.02. The van der Waals surface area contributed by atoms with Gasteiger partial charge in [-0.1, -0.05) is 16.8 Å². The molecule has 26 heavy (non-hydrogen) atoms. The van der Waals surface area contributed by atoms with E-state index in [1.165, 1.54) is 38.6 Å². The van der Waals surface area contributed by atoms with Crippen molar-refractivity contribution in [2.75, 3.05) is 37.6 Å². The second-order valence-corrected chi connectivity index (χ2v) is 7.98. The fourth-order valence-corrected chi connectivity index (χ4v) is 4.31. The first-order valence-corrected chi connectivity index (χ1v) is 9.84. The van der Waals surface area contributed by atoms with Crippen molar-refractivity contribution in [3.8, 4) is 0 Å². The standard InChI is InChI=1S/C19H27ClN4O.ClH/c20-15-3-6-17-18(13-15)25-22-19(17)24-11-9-23(10-12-24)8-7-14-1-4-16(21)5-2-14;/h3,6,13-14,16H,1-2,4-5,7-12,21H2;1H/t14-,16-;. The number of anilines is 1. The highest BCUT2D eigenvalue weighted by molar-refractivity contribution is 6.31. The molecule has 144 valence electrons. The van der Waals surface area contributed by atoms with Crippen LogP contribution in [-0.4, -0.2) is 48.8 Å². The lowest BCUT2D eigenvalue weighted by atomic mass is 9.84. The van der Waals surface area contributed by atoms with E-state index in [0.717, 1.165) is 48.9 Å². The van der Waals surface area contributed by atoms with E-state index in [2.05, 4.69) is 15.0 Å². The van der Waals surface area contributed by atoms with Gasteiger partial charge in [-0.15, -0.1) is 12.4 Å². The highest BCUT2D eigenvalue weighted by Crippen LogP contribution is 2.29. The van der Waals surface area contributed by atoms with Crippen molar-refractivity contribution in [2.24, 2.45) is 11.7 Å². The maximum Gasteiger partial charge on any atom is 0.180 e. The van der Waals surface area contributed by atoms with E-state index in [0.29, 0.717) is 11.1 Å². The van der Waals surface area contributed by atoms with Crippen LogP contribution in [0.3, 0.4) is 0 Å². The van der Waals surface area contributed by atoms with Crippen LogP contribution in [0.2, 0.25) is 5.02 Å². The van der Waals surface area contributed by atoms with Crippen LogP contribution in [0.15, 0.2) is 22.7 Å². The minimum Gasteiger partial charge on any atom is -0.354 e. The fraction of sp³-hybridized carbons (Fsp3) is 0.632. The number of benzene rings is 1. The molecule has 5 nitrogen and oxygen atoms in total. The normalized spacial score (nSPS) is 24.6. The highest BCUT2D eigenvalue weighted by atomic mass is 35.5. The molecule has 0 unspecified atom stereocenters. The maximum atomic E-state index is 6.02. The van der Waals surface area contributed by atoms with Gasteiger partial charge in [0.05, 0.1) is 5.39 Å². The van der Waals surface area contributed by atoms with Gasteiger partial charge in [-0.3, -0.25) is 4.90 Å².